The summed E-state index contributed by atoms with van der Waals surface area (Å²) in [7, 11) is 2.10. The minimum absolute atomic E-state index is 0. The smallest absolute Gasteiger partial charge is 0.309 e. The van der Waals surface area contributed by atoms with Crippen LogP contribution in [0.3, 0.4) is 0 Å². The molecule has 0 spiro atoms. The number of rotatable bonds is 7. The first kappa shape index (κ1) is 24.5. The zero-order chi connectivity index (χ0) is 19.6. The number of anilines is 1. The van der Waals surface area contributed by atoms with Gasteiger partial charge >= 0.3 is 5.97 Å². The monoisotopic (exact) mass is 502 g/mol. The molecule has 1 aliphatic rings. The molecule has 1 unspecified atom stereocenters. The number of nitrogens with one attached hydrogen (secondary N) is 1. The molecular weight excluding hydrogens is 467 g/mol. The van der Waals surface area contributed by atoms with Crippen LogP contribution in [0.15, 0.2) is 35.3 Å². The fourth-order valence-electron chi connectivity index (χ4n) is 3.27. The van der Waals surface area contributed by atoms with Gasteiger partial charge in [0, 0.05) is 38.4 Å². The largest absolute Gasteiger partial charge is 0.466 e. The van der Waals surface area contributed by atoms with Crippen molar-refractivity contribution in [3.63, 3.8) is 0 Å². The van der Waals surface area contributed by atoms with Crippen molar-refractivity contribution in [2.24, 2.45) is 10.9 Å². The molecule has 1 aromatic rings. The topological polar surface area (TPSA) is 57.2 Å². The van der Waals surface area contributed by atoms with Crippen LogP contribution in [0.1, 0.15) is 33.6 Å². The van der Waals surface area contributed by atoms with Crippen molar-refractivity contribution in [3.8, 4) is 0 Å². The van der Waals surface area contributed by atoms with E-state index >= 15 is 0 Å². The van der Waals surface area contributed by atoms with Gasteiger partial charge in [-0.2, -0.15) is 0 Å². The molecule has 7 heteroatoms. The molecule has 1 N–H and O–H groups in total. The molecule has 6 nitrogen and oxygen atoms in total. The second-order valence-electron chi connectivity index (χ2n) is 7.00. The fourth-order valence-corrected chi connectivity index (χ4v) is 3.27. The Hall–Kier alpha value is -1.51. The molecule has 1 aromatic carbocycles. The molecule has 0 radical (unpaired) electrons. The molecule has 1 fully saturated rings. The number of ether oxygens (including phenoxy) is 1. The third-order valence-corrected chi connectivity index (χ3v) is 5.08. The highest BCUT2D eigenvalue weighted by atomic mass is 127. The number of carbonyl (C=O) groups excluding carboxylic acids is 1. The summed E-state index contributed by atoms with van der Waals surface area (Å²) in [6, 6.07) is 10.7. The Morgan fingerprint density at radius 3 is 2.50 bits per heavy atom. The third-order valence-electron chi connectivity index (χ3n) is 5.08. The van der Waals surface area contributed by atoms with Crippen molar-refractivity contribution in [3.05, 3.63) is 30.3 Å². The number of benzene rings is 1. The maximum Gasteiger partial charge on any atom is 0.309 e. The summed E-state index contributed by atoms with van der Waals surface area (Å²) in [6.45, 7) is 9.79. The van der Waals surface area contributed by atoms with Gasteiger partial charge in [-0.05, 0) is 45.7 Å². The van der Waals surface area contributed by atoms with Crippen LogP contribution in [-0.2, 0) is 9.53 Å². The van der Waals surface area contributed by atoms with Gasteiger partial charge in [0.15, 0.2) is 5.96 Å². The van der Waals surface area contributed by atoms with Crippen LogP contribution in [0.2, 0.25) is 0 Å². The molecule has 28 heavy (non-hydrogen) atoms. The van der Waals surface area contributed by atoms with Gasteiger partial charge in [0.1, 0.15) is 0 Å². The SMILES string of the molecule is CCNC(=NCC(C)N(C)c1ccccc1)N1CCC(C(=O)OCC)CC1.I. The zero-order valence-electron chi connectivity index (χ0n) is 17.6. The summed E-state index contributed by atoms with van der Waals surface area (Å²) in [5.74, 6) is 0.900. The van der Waals surface area contributed by atoms with Gasteiger partial charge in [0.05, 0.1) is 19.1 Å². The number of para-hydroxylation sites is 1. The first-order valence-electron chi connectivity index (χ1n) is 10.0. The van der Waals surface area contributed by atoms with Crippen LogP contribution in [0.25, 0.3) is 0 Å². The predicted octanol–water partition coefficient (Wildman–Crippen LogP) is 3.37. The quantitative estimate of drug-likeness (QED) is 0.268. The number of hydrogen-bond donors (Lipinski definition) is 1. The van der Waals surface area contributed by atoms with Crippen molar-refractivity contribution in [2.45, 2.75) is 39.7 Å². The van der Waals surface area contributed by atoms with Crippen LogP contribution in [0, 0.1) is 5.92 Å². The van der Waals surface area contributed by atoms with E-state index < -0.39 is 0 Å². The Morgan fingerprint density at radius 2 is 1.93 bits per heavy atom. The van der Waals surface area contributed by atoms with E-state index in [0.29, 0.717) is 13.2 Å². The number of halogens is 1. The Morgan fingerprint density at radius 1 is 1.29 bits per heavy atom. The van der Waals surface area contributed by atoms with Gasteiger partial charge in [-0.3, -0.25) is 9.79 Å². The normalized spacial score (nSPS) is 16.1. The number of aliphatic imine (C=N–C) groups is 1. The lowest BCUT2D eigenvalue weighted by Crippen LogP contribution is -2.47. The van der Waals surface area contributed by atoms with E-state index in [-0.39, 0.29) is 41.9 Å². The van der Waals surface area contributed by atoms with Gasteiger partial charge < -0.3 is 19.9 Å². The fraction of sp³-hybridized carbons (Fsp3) is 0.619. The number of likely N-dealkylation sites (N-methyl/N-ethyl adjacent to an activating group) is 1. The van der Waals surface area contributed by atoms with E-state index in [1.54, 1.807) is 0 Å². The molecule has 0 saturated carbocycles. The first-order valence-corrected chi connectivity index (χ1v) is 10.0. The molecule has 1 saturated heterocycles. The second-order valence-corrected chi connectivity index (χ2v) is 7.00. The average molecular weight is 502 g/mol. The predicted molar refractivity (Wildman–Crippen MR) is 127 cm³/mol. The lowest BCUT2D eigenvalue weighted by Gasteiger charge is -2.34. The van der Waals surface area contributed by atoms with Crippen molar-refractivity contribution in [1.29, 1.82) is 0 Å². The summed E-state index contributed by atoms with van der Waals surface area (Å²) in [5.41, 5.74) is 1.19. The number of nitrogens with zero attached hydrogens (tertiary/aromatic N) is 3. The number of esters is 1. The molecule has 0 aliphatic carbocycles. The van der Waals surface area contributed by atoms with Crippen molar-refractivity contribution >= 4 is 41.6 Å². The summed E-state index contributed by atoms with van der Waals surface area (Å²) >= 11 is 0. The van der Waals surface area contributed by atoms with Crippen molar-refractivity contribution < 1.29 is 9.53 Å². The summed E-state index contributed by atoms with van der Waals surface area (Å²) in [6.07, 6.45) is 1.64. The van der Waals surface area contributed by atoms with Gasteiger partial charge in [0.2, 0.25) is 0 Å². The minimum atomic E-state index is -0.0582. The molecule has 2 rings (SSSR count). The Bertz CT molecular complexity index is 604. The van der Waals surface area contributed by atoms with E-state index in [1.165, 1.54) is 5.69 Å². The second kappa shape index (κ2) is 12.9. The van der Waals surface area contributed by atoms with Crippen molar-refractivity contribution in [1.82, 2.24) is 10.2 Å². The van der Waals surface area contributed by atoms with E-state index in [9.17, 15) is 4.79 Å². The zero-order valence-corrected chi connectivity index (χ0v) is 19.9. The maximum atomic E-state index is 11.9. The number of piperidine rings is 1. The lowest BCUT2D eigenvalue weighted by atomic mass is 9.97. The number of likely N-dealkylation sites (tertiary alicyclic amines) is 1. The molecule has 1 atom stereocenters. The summed E-state index contributed by atoms with van der Waals surface area (Å²) in [4.78, 5) is 21.3. The summed E-state index contributed by atoms with van der Waals surface area (Å²) < 4.78 is 5.16. The van der Waals surface area contributed by atoms with Crippen LogP contribution in [-0.4, -0.2) is 62.7 Å². The molecule has 1 aliphatic heterocycles. The number of carbonyl (C=O) groups is 1. The number of guanidine groups is 1. The van der Waals surface area contributed by atoms with E-state index in [4.69, 9.17) is 9.73 Å². The standard InChI is InChI=1S/C21H34N4O2.HI/c1-5-22-21(25-14-12-18(13-15-25)20(26)27-6-2)23-16-17(3)24(4)19-10-8-7-9-11-19;/h7-11,17-18H,5-6,12-16H2,1-4H3,(H,22,23);1H. The number of hydrogen-bond acceptors (Lipinski definition) is 4. The van der Waals surface area contributed by atoms with E-state index in [0.717, 1.165) is 38.4 Å². The van der Waals surface area contributed by atoms with Crippen LogP contribution >= 0.6 is 24.0 Å². The minimum Gasteiger partial charge on any atom is -0.466 e. The van der Waals surface area contributed by atoms with Crippen molar-refractivity contribution in [2.75, 3.05) is 44.7 Å². The third kappa shape index (κ3) is 7.14. The highest BCUT2D eigenvalue weighted by molar-refractivity contribution is 14.0. The van der Waals surface area contributed by atoms with Gasteiger partial charge in [0.25, 0.3) is 0 Å². The Kier molecular flexibility index (Phi) is 11.3. The average Bonchev–Trinajstić information content (AvgIpc) is 2.71. The lowest BCUT2D eigenvalue weighted by molar-refractivity contribution is -0.149. The maximum absolute atomic E-state index is 11.9. The molecular formula is C21H35IN4O2. The van der Waals surface area contributed by atoms with Crippen LogP contribution in [0.5, 0.6) is 0 Å². The van der Waals surface area contributed by atoms with E-state index in [1.807, 2.05) is 13.0 Å². The Balaban J connectivity index is 0.00000392. The molecule has 0 aromatic heterocycles. The van der Waals surface area contributed by atoms with E-state index in [2.05, 4.69) is 60.3 Å². The molecule has 1 heterocycles. The molecule has 158 valence electrons. The highest BCUT2D eigenvalue weighted by Gasteiger charge is 2.27. The van der Waals surface area contributed by atoms with Gasteiger partial charge in [-0.25, -0.2) is 0 Å². The van der Waals surface area contributed by atoms with Gasteiger partial charge in [-0.15, -0.1) is 24.0 Å². The van der Waals surface area contributed by atoms with Crippen LogP contribution < -0.4 is 10.2 Å². The van der Waals surface area contributed by atoms with Gasteiger partial charge in [-0.1, -0.05) is 18.2 Å². The Labute approximate surface area is 186 Å². The molecule has 0 bridgehead atoms. The summed E-state index contributed by atoms with van der Waals surface area (Å²) in [5, 5.41) is 3.40. The molecule has 0 amide bonds. The first-order chi connectivity index (χ1) is 13.1. The van der Waals surface area contributed by atoms with Crippen LogP contribution in [0.4, 0.5) is 5.69 Å². The highest BCUT2D eigenvalue weighted by Crippen LogP contribution is 2.19.